The van der Waals surface area contributed by atoms with Crippen molar-refractivity contribution < 1.29 is 31.8 Å². The minimum absolute atomic E-state index is 0.488. The highest BCUT2D eigenvalue weighted by molar-refractivity contribution is 5.26. The molecule has 1 N–H and O–H groups in total. The number of aliphatic hydroxyl groups is 1. The van der Waals surface area contributed by atoms with Crippen molar-refractivity contribution in [1.29, 1.82) is 0 Å². The van der Waals surface area contributed by atoms with Crippen LogP contribution in [0.15, 0.2) is 6.07 Å². The van der Waals surface area contributed by atoms with Gasteiger partial charge in [0.25, 0.3) is 0 Å². The molecule has 0 fully saturated rings. The van der Waals surface area contributed by atoms with E-state index in [-0.39, 0.29) is 0 Å². The average Bonchev–Trinajstić information content (AvgIpc) is 2.18. The van der Waals surface area contributed by atoms with Gasteiger partial charge in [-0.2, -0.15) is 0 Å². The molecule has 1 aromatic heterocycles. The molecule has 0 unspecified atom stereocenters. The lowest BCUT2D eigenvalue weighted by atomic mass is 10.2. The minimum Gasteiger partial charge on any atom is -0.390 e. The predicted octanol–water partition coefficient (Wildman–Crippen LogP) is 2.08. The van der Waals surface area contributed by atoms with E-state index in [4.69, 9.17) is 5.11 Å². The van der Waals surface area contributed by atoms with E-state index in [0.717, 1.165) is 0 Å². The van der Waals surface area contributed by atoms with Gasteiger partial charge in [-0.1, -0.05) is 0 Å². The summed E-state index contributed by atoms with van der Waals surface area (Å²) >= 11 is 0. The van der Waals surface area contributed by atoms with Crippen molar-refractivity contribution in [3.05, 3.63) is 23.1 Å². The van der Waals surface area contributed by atoms with Crippen LogP contribution in [0.5, 0.6) is 5.88 Å². The number of hydrogen-bond donors (Lipinski definition) is 1. The summed E-state index contributed by atoms with van der Waals surface area (Å²) in [6.07, 6.45) is -5.01. The van der Waals surface area contributed by atoms with Gasteiger partial charge in [-0.15, -0.1) is 13.2 Å². The summed E-state index contributed by atoms with van der Waals surface area (Å²) in [5.41, 5.74) is -1.35. The number of aromatic nitrogens is 1. The van der Waals surface area contributed by atoms with Crippen LogP contribution in [0.2, 0.25) is 0 Å². The van der Waals surface area contributed by atoms with Gasteiger partial charge in [0.05, 0.1) is 6.61 Å². The Morgan fingerprint density at radius 3 is 2.44 bits per heavy atom. The van der Waals surface area contributed by atoms with E-state index in [9.17, 15) is 22.0 Å². The molecule has 1 aromatic rings. The maximum absolute atomic E-state index is 13.1. The highest BCUT2D eigenvalue weighted by Gasteiger charge is 2.32. The van der Waals surface area contributed by atoms with Gasteiger partial charge >= 0.3 is 6.36 Å². The third-order valence-corrected chi connectivity index (χ3v) is 1.59. The lowest BCUT2D eigenvalue weighted by Crippen LogP contribution is -2.19. The van der Waals surface area contributed by atoms with Crippen molar-refractivity contribution in [3.8, 4) is 5.88 Å². The number of halogens is 5. The highest BCUT2D eigenvalue weighted by atomic mass is 19.4. The lowest BCUT2D eigenvalue weighted by molar-refractivity contribution is -0.276. The maximum atomic E-state index is 13.1. The summed E-state index contributed by atoms with van der Waals surface area (Å²) in [5.74, 6) is -2.19. The van der Waals surface area contributed by atoms with Crippen molar-refractivity contribution in [2.75, 3.05) is 0 Å². The Hall–Kier alpha value is -1.44. The van der Waals surface area contributed by atoms with E-state index >= 15 is 0 Å². The predicted molar refractivity (Wildman–Crippen MR) is 41.6 cm³/mol. The molecule has 0 aliphatic carbocycles. The van der Waals surface area contributed by atoms with E-state index in [1.165, 1.54) is 0 Å². The van der Waals surface area contributed by atoms with Gasteiger partial charge in [0, 0.05) is 11.6 Å². The first kappa shape index (κ1) is 12.6. The van der Waals surface area contributed by atoms with Gasteiger partial charge in [0.2, 0.25) is 5.88 Å². The molecular weight excluding hydrogens is 237 g/mol. The first-order valence-electron chi connectivity index (χ1n) is 3.98. The number of rotatable bonds is 3. The van der Waals surface area contributed by atoms with E-state index in [0.29, 0.717) is 6.07 Å². The number of nitrogens with zero attached hydrogens (tertiary/aromatic N) is 1. The van der Waals surface area contributed by atoms with Crippen LogP contribution in [0.1, 0.15) is 11.3 Å². The van der Waals surface area contributed by atoms with Gasteiger partial charge in [-0.05, 0) is 0 Å². The van der Waals surface area contributed by atoms with Gasteiger partial charge in [-0.3, -0.25) is 0 Å². The Labute approximate surface area is 86.5 Å². The lowest BCUT2D eigenvalue weighted by Gasteiger charge is -2.10. The van der Waals surface area contributed by atoms with Gasteiger partial charge in [-0.25, -0.2) is 13.8 Å². The molecule has 0 spiro atoms. The third kappa shape index (κ3) is 3.02. The summed E-state index contributed by atoms with van der Waals surface area (Å²) in [6.45, 7) is -2.27. The molecule has 8 heteroatoms. The molecule has 0 radical (unpaired) electrons. The number of ether oxygens (including phenoxy) is 1. The second-order valence-electron chi connectivity index (χ2n) is 2.72. The zero-order valence-corrected chi connectivity index (χ0v) is 7.68. The van der Waals surface area contributed by atoms with Crippen LogP contribution in [-0.2, 0) is 13.3 Å². The van der Waals surface area contributed by atoms with Gasteiger partial charge in [0.15, 0.2) is 5.82 Å². The Kier molecular flexibility index (Phi) is 3.63. The van der Waals surface area contributed by atoms with Crippen LogP contribution in [0.3, 0.4) is 0 Å². The highest BCUT2D eigenvalue weighted by Crippen LogP contribution is 2.24. The number of alkyl halides is 4. The molecule has 0 bridgehead atoms. The molecule has 0 aliphatic heterocycles. The zero-order chi connectivity index (χ0) is 12.3. The largest absolute Gasteiger partial charge is 0.574 e. The summed E-state index contributed by atoms with van der Waals surface area (Å²) in [5, 5.41) is 8.60. The third-order valence-electron chi connectivity index (χ3n) is 1.59. The fourth-order valence-corrected chi connectivity index (χ4v) is 0.985. The van der Waals surface area contributed by atoms with Crippen molar-refractivity contribution in [1.82, 2.24) is 4.98 Å². The van der Waals surface area contributed by atoms with E-state index in [2.05, 4.69) is 9.72 Å². The van der Waals surface area contributed by atoms with Gasteiger partial charge in [0.1, 0.15) is 12.4 Å². The fourth-order valence-electron chi connectivity index (χ4n) is 0.985. The standard InChI is InChI=1S/C8H6F5NO2/c9-2-4-1-6(16-8(11,12)13)14-5(3-15)7(4)10/h1,15H,2-3H2. The molecule has 0 saturated carbocycles. The molecule has 0 atom stereocenters. The SMILES string of the molecule is OCc1nc(OC(F)(F)F)cc(CF)c1F. The van der Waals surface area contributed by atoms with E-state index in [1.54, 1.807) is 0 Å². The normalized spacial score (nSPS) is 11.6. The number of pyridine rings is 1. The van der Waals surface area contributed by atoms with Gasteiger partial charge < -0.3 is 9.84 Å². The van der Waals surface area contributed by atoms with Crippen molar-refractivity contribution >= 4 is 0 Å². The Bertz CT molecular complexity index is 354. The Morgan fingerprint density at radius 1 is 1.38 bits per heavy atom. The average molecular weight is 243 g/mol. The van der Waals surface area contributed by atoms with E-state index < -0.39 is 42.6 Å². The van der Waals surface area contributed by atoms with Crippen LogP contribution in [-0.4, -0.2) is 16.5 Å². The molecule has 1 rings (SSSR count). The smallest absolute Gasteiger partial charge is 0.390 e. The first-order chi connectivity index (χ1) is 7.37. The molecule has 16 heavy (non-hydrogen) atoms. The molecular formula is C8H6F5NO2. The zero-order valence-electron chi connectivity index (χ0n) is 7.68. The van der Waals surface area contributed by atoms with Crippen LogP contribution in [0.25, 0.3) is 0 Å². The second kappa shape index (κ2) is 4.60. The molecule has 90 valence electrons. The Balaban J connectivity index is 3.12. The molecule has 1 heterocycles. The number of hydrogen-bond acceptors (Lipinski definition) is 3. The molecule has 0 amide bonds. The maximum Gasteiger partial charge on any atom is 0.574 e. The Morgan fingerprint density at radius 2 is 2.00 bits per heavy atom. The quantitative estimate of drug-likeness (QED) is 0.826. The minimum atomic E-state index is -5.01. The second-order valence-corrected chi connectivity index (χ2v) is 2.72. The number of aliphatic hydroxyl groups excluding tert-OH is 1. The summed E-state index contributed by atoms with van der Waals surface area (Å²) in [7, 11) is 0. The molecule has 0 aliphatic rings. The first-order valence-corrected chi connectivity index (χ1v) is 3.98. The molecule has 0 aromatic carbocycles. The van der Waals surface area contributed by atoms with Crippen LogP contribution in [0, 0.1) is 5.82 Å². The summed E-state index contributed by atoms with van der Waals surface area (Å²) in [4.78, 5) is 3.05. The van der Waals surface area contributed by atoms with Crippen LogP contribution >= 0.6 is 0 Å². The molecule has 3 nitrogen and oxygen atoms in total. The molecule has 0 saturated heterocycles. The van der Waals surface area contributed by atoms with Crippen molar-refractivity contribution in [3.63, 3.8) is 0 Å². The monoisotopic (exact) mass is 243 g/mol. The van der Waals surface area contributed by atoms with E-state index in [1.807, 2.05) is 0 Å². The fraction of sp³-hybridized carbons (Fsp3) is 0.375. The van der Waals surface area contributed by atoms with Crippen molar-refractivity contribution in [2.45, 2.75) is 19.6 Å². The summed E-state index contributed by atoms with van der Waals surface area (Å²) < 4.78 is 64.1. The van der Waals surface area contributed by atoms with Crippen LogP contribution < -0.4 is 4.74 Å². The topological polar surface area (TPSA) is 42.4 Å². The van der Waals surface area contributed by atoms with Crippen molar-refractivity contribution in [2.24, 2.45) is 0 Å². The van der Waals surface area contributed by atoms with Crippen LogP contribution in [0.4, 0.5) is 22.0 Å². The summed E-state index contributed by atoms with van der Waals surface area (Å²) in [6, 6.07) is 0.488.